The van der Waals surface area contributed by atoms with Crippen LogP contribution in [0.2, 0.25) is 0 Å². The predicted molar refractivity (Wildman–Crippen MR) is 115 cm³/mol. The predicted octanol–water partition coefficient (Wildman–Crippen LogP) is 5.54. The second kappa shape index (κ2) is 10.0. The molecule has 1 fully saturated rings. The number of hydrogen-bond donors (Lipinski definition) is 0. The summed E-state index contributed by atoms with van der Waals surface area (Å²) in [7, 11) is 2.18. The molecule has 3 heteroatoms. The zero-order valence-corrected chi connectivity index (χ0v) is 17.0. The van der Waals surface area contributed by atoms with Gasteiger partial charge in [-0.05, 0) is 68.1 Å². The SMILES string of the molecule is CCCN(C)c1ccc(CN2CCC(CSc3ccccc3)CC2)cc1. The van der Waals surface area contributed by atoms with E-state index in [2.05, 4.69) is 78.4 Å². The Morgan fingerprint density at radius 1 is 1.00 bits per heavy atom. The largest absolute Gasteiger partial charge is 0.375 e. The molecule has 0 N–H and O–H groups in total. The molecule has 1 aliphatic heterocycles. The molecule has 0 amide bonds. The molecule has 1 aliphatic rings. The first-order valence-electron chi connectivity index (χ1n) is 9.95. The van der Waals surface area contributed by atoms with Gasteiger partial charge in [0.2, 0.25) is 0 Å². The highest BCUT2D eigenvalue weighted by atomic mass is 32.2. The van der Waals surface area contributed by atoms with Crippen LogP contribution >= 0.6 is 11.8 Å². The highest BCUT2D eigenvalue weighted by Crippen LogP contribution is 2.27. The van der Waals surface area contributed by atoms with Gasteiger partial charge >= 0.3 is 0 Å². The first kappa shape index (κ1) is 19.3. The number of piperidine rings is 1. The third-order valence-electron chi connectivity index (χ3n) is 5.28. The first-order valence-corrected chi connectivity index (χ1v) is 10.9. The minimum absolute atomic E-state index is 0.863. The standard InChI is InChI=1S/C23H32N2S/c1-3-15-24(2)22-11-9-20(10-12-22)18-25-16-13-21(14-17-25)19-26-23-7-5-4-6-8-23/h4-12,21H,3,13-19H2,1-2H3. The van der Waals surface area contributed by atoms with Crippen molar-refractivity contribution in [3.05, 3.63) is 60.2 Å². The van der Waals surface area contributed by atoms with Crippen LogP contribution in [0.4, 0.5) is 5.69 Å². The summed E-state index contributed by atoms with van der Waals surface area (Å²) in [6.07, 6.45) is 3.85. The van der Waals surface area contributed by atoms with Gasteiger partial charge in [0.15, 0.2) is 0 Å². The monoisotopic (exact) mass is 368 g/mol. The second-order valence-corrected chi connectivity index (χ2v) is 8.52. The molecule has 0 bridgehead atoms. The zero-order valence-electron chi connectivity index (χ0n) is 16.2. The van der Waals surface area contributed by atoms with Crippen molar-refractivity contribution in [2.45, 2.75) is 37.6 Å². The molecule has 0 radical (unpaired) electrons. The van der Waals surface area contributed by atoms with E-state index in [1.165, 1.54) is 54.3 Å². The molecular formula is C23H32N2S. The van der Waals surface area contributed by atoms with E-state index in [0.717, 1.165) is 19.0 Å². The van der Waals surface area contributed by atoms with Gasteiger partial charge in [-0.3, -0.25) is 4.90 Å². The molecule has 2 aromatic carbocycles. The van der Waals surface area contributed by atoms with Crippen molar-refractivity contribution in [2.75, 3.05) is 37.3 Å². The molecule has 1 saturated heterocycles. The summed E-state index contributed by atoms with van der Waals surface area (Å²) in [6, 6.07) is 20.0. The topological polar surface area (TPSA) is 6.48 Å². The Bertz CT molecular complexity index is 633. The zero-order chi connectivity index (χ0) is 18.2. The van der Waals surface area contributed by atoms with E-state index in [1.807, 2.05) is 11.8 Å². The van der Waals surface area contributed by atoms with Crippen LogP contribution in [0.25, 0.3) is 0 Å². The van der Waals surface area contributed by atoms with Crippen molar-refractivity contribution in [3.8, 4) is 0 Å². The fourth-order valence-corrected chi connectivity index (χ4v) is 4.73. The number of anilines is 1. The lowest BCUT2D eigenvalue weighted by molar-refractivity contribution is 0.187. The summed E-state index contributed by atoms with van der Waals surface area (Å²) in [6.45, 7) is 6.91. The molecular weight excluding hydrogens is 336 g/mol. The van der Waals surface area contributed by atoms with Crippen LogP contribution in [0.3, 0.4) is 0 Å². The maximum absolute atomic E-state index is 2.62. The molecule has 26 heavy (non-hydrogen) atoms. The number of nitrogens with zero attached hydrogens (tertiary/aromatic N) is 2. The minimum atomic E-state index is 0.863. The van der Waals surface area contributed by atoms with Gasteiger partial charge in [0, 0.05) is 36.5 Å². The fraction of sp³-hybridized carbons (Fsp3) is 0.478. The summed E-state index contributed by atoms with van der Waals surface area (Å²) >= 11 is 2.02. The highest BCUT2D eigenvalue weighted by Gasteiger charge is 2.19. The van der Waals surface area contributed by atoms with Crippen molar-refractivity contribution in [1.29, 1.82) is 0 Å². The lowest BCUT2D eigenvalue weighted by Crippen LogP contribution is -2.33. The van der Waals surface area contributed by atoms with Crippen molar-refractivity contribution >= 4 is 17.4 Å². The van der Waals surface area contributed by atoms with Crippen LogP contribution < -0.4 is 4.90 Å². The van der Waals surface area contributed by atoms with Crippen LogP contribution in [0.1, 0.15) is 31.7 Å². The molecule has 0 atom stereocenters. The second-order valence-electron chi connectivity index (χ2n) is 7.43. The lowest BCUT2D eigenvalue weighted by Gasteiger charge is -2.32. The number of hydrogen-bond acceptors (Lipinski definition) is 3. The Hall–Kier alpha value is -1.45. The third kappa shape index (κ3) is 5.78. The summed E-state index contributed by atoms with van der Waals surface area (Å²) < 4.78 is 0. The van der Waals surface area contributed by atoms with Gasteiger partial charge in [0.05, 0.1) is 0 Å². The first-order chi connectivity index (χ1) is 12.7. The van der Waals surface area contributed by atoms with Gasteiger partial charge in [-0.25, -0.2) is 0 Å². The lowest BCUT2D eigenvalue weighted by atomic mass is 9.98. The van der Waals surface area contributed by atoms with Gasteiger partial charge in [-0.15, -0.1) is 11.8 Å². The van der Waals surface area contributed by atoms with Crippen LogP contribution in [0.5, 0.6) is 0 Å². The fourth-order valence-electron chi connectivity index (χ4n) is 3.62. The van der Waals surface area contributed by atoms with E-state index in [-0.39, 0.29) is 0 Å². The van der Waals surface area contributed by atoms with E-state index in [4.69, 9.17) is 0 Å². The summed E-state index contributed by atoms with van der Waals surface area (Å²) in [5.74, 6) is 2.12. The van der Waals surface area contributed by atoms with Crippen LogP contribution in [-0.2, 0) is 6.54 Å². The number of likely N-dealkylation sites (tertiary alicyclic amines) is 1. The van der Waals surface area contributed by atoms with E-state index in [0.29, 0.717) is 0 Å². The van der Waals surface area contributed by atoms with Crippen LogP contribution in [0.15, 0.2) is 59.5 Å². The van der Waals surface area contributed by atoms with Crippen molar-refractivity contribution in [1.82, 2.24) is 4.90 Å². The summed E-state index contributed by atoms with van der Waals surface area (Å²) in [4.78, 5) is 6.36. The normalized spacial score (nSPS) is 15.9. The maximum Gasteiger partial charge on any atom is 0.0363 e. The molecule has 2 aromatic rings. The Morgan fingerprint density at radius 3 is 2.35 bits per heavy atom. The van der Waals surface area contributed by atoms with E-state index >= 15 is 0 Å². The number of benzene rings is 2. The molecule has 140 valence electrons. The molecule has 1 heterocycles. The van der Waals surface area contributed by atoms with E-state index < -0.39 is 0 Å². The number of rotatable bonds is 8. The molecule has 3 rings (SSSR count). The summed E-state index contributed by atoms with van der Waals surface area (Å²) in [5, 5.41) is 0. The van der Waals surface area contributed by atoms with Gasteiger partial charge in [-0.1, -0.05) is 37.3 Å². The average Bonchev–Trinajstić information content (AvgIpc) is 2.69. The van der Waals surface area contributed by atoms with E-state index in [9.17, 15) is 0 Å². The molecule has 0 aliphatic carbocycles. The smallest absolute Gasteiger partial charge is 0.0363 e. The van der Waals surface area contributed by atoms with Gasteiger partial charge in [0.1, 0.15) is 0 Å². The Balaban J connectivity index is 1.41. The molecule has 0 aromatic heterocycles. The molecule has 2 nitrogen and oxygen atoms in total. The third-order valence-corrected chi connectivity index (χ3v) is 6.52. The minimum Gasteiger partial charge on any atom is -0.375 e. The van der Waals surface area contributed by atoms with Gasteiger partial charge in [0.25, 0.3) is 0 Å². The van der Waals surface area contributed by atoms with Gasteiger partial charge in [-0.2, -0.15) is 0 Å². The molecule has 0 saturated carbocycles. The molecule has 0 unspecified atom stereocenters. The summed E-state index contributed by atoms with van der Waals surface area (Å²) in [5.41, 5.74) is 2.77. The van der Waals surface area contributed by atoms with Gasteiger partial charge < -0.3 is 4.90 Å². The Kier molecular flexibility index (Phi) is 7.45. The maximum atomic E-state index is 2.62. The van der Waals surface area contributed by atoms with Crippen LogP contribution in [-0.4, -0.2) is 37.3 Å². The molecule has 0 spiro atoms. The highest BCUT2D eigenvalue weighted by molar-refractivity contribution is 7.99. The van der Waals surface area contributed by atoms with Crippen molar-refractivity contribution < 1.29 is 0 Å². The van der Waals surface area contributed by atoms with Crippen molar-refractivity contribution in [2.24, 2.45) is 5.92 Å². The quantitative estimate of drug-likeness (QED) is 0.565. The number of thioether (sulfide) groups is 1. The average molecular weight is 369 g/mol. The van der Waals surface area contributed by atoms with Crippen molar-refractivity contribution in [3.63, 3.8) is 0 Å². The Labute approximate surface area is 163 Å². The van der Waals surface area contributed by atoms with Crippen LogP contribution in [0, 0.1) is 5.92 Å². The Morgan fingerprint density at radius 2 is 1.69 bits per heavy atom. The van der Waals surface area contributed by atoms with E-state index in [1.54, 1.807) is 0 Å².